The van der Waals surface area contributed by atoms with Crippen molar-refractivity contribution in [2.45, 2.75) is 24.4 Å². The average molecular weight is 146 g/mol. The monoisotopic (exact) mass is 146 g/mol. The van der Waals surface area contributed by atoms with Crippen LogP contribution >= 0.6 is 0 Å². The lowest BCUT2D eigenvalue weighted by molar-refractivity contribution is -0.0807. The minimum Gasteiger partial charge on any atom is -0.394 e. The zero-order valence-electron chi connectivity index (χ0n) is 5.43. The molecule has 2 heterocycles. The highest BCUT2D eigenvalue weighted by molar-refractivity contribution is 4.97. The van der Waals surface area contributed by atoms with E-state index in [0.717, 1.165) is 0 Å². The highest BCUT2D eigenvalue weighted by Crippen LogP contribution is 2.32. The van der Waals surface area contributed by atoms with Gasteiger partial charge in [0.1, 0.15) is 24.4 Å². The molecule has 0 spiro atoms. The summed E-state index contributed by atoms with van der Waals surface area (Å²) in [6, 6.07) is 0. The summed E-state index contributed by atoms with van der Waals surface area (Å²) < 4.78 is 10.1. The van der Waals surface area contributed by atoms with Crippen LogP contribution < -0.4 is 0 Å². The van der Waals surface area contributed by atoms with Crippen molar-refractivity contribution in [2.24, 2.45) is 0 Å². The fourth-order valence-electron chi connectivity index (χ4n) is 1.28. The van der Waals surface area contributed by atoms with Crippen molar-refractivity contribution >= 4 is 0 Å². The number of epoxide rings is 1. The summed E-state index contributed by atoms with van der Waals surface area (Å²) in [6.07, 6.45) is -1.07. The van der Waals surface area contributed by atoms with E-state index in [9.17, 15) is 5.11 Å². The summed E-state index contributed by atoms with van der Waals surface area (Å²) in [5, 5.41) is 17.9. The molecule has 4 atom stereocenters. The first kappa shape index (κ1) is 6.54. The zero-order valence-corrected chi connectivity index (χ0v) is 5.43. The molecule has 0 radical (unpaired) electrons. The van der Waals surface area contributed by atoms with Crippen molar-refractivity contribution < 1.29 is 19.7 Å². The molecule has 2 N–H and O–H groups in total. The summed E-state index contributed by atoms with van der Waals surface area (Å²) in [4.78, 5) is 0. The van der Waals surface area contributed by atoms with Crippen LogP contribution in [0.2, 0.25) is 0 Å². The standard InChI is InChI=1S/C6H10O4/c7-1-3-5(8)6-4(10-6)2-9-3/h3-8H,1-2H2/t3-,4-,5+,6-/m0/s1. The van der Waals surface area contributed by atoms with E-state index in [0.29, 0.717) is 6.61 Å². The molecule has 0 aromatic rings. The van der Waals surface area contributed by atoms with Crippen molar-refractivity contribution in [1.82, 2.24) is 0 Å². The van der Waals surface area contributed by atoms with Crippen molar-refractivity contribution in [2.75, 3.05) is 13.2 Å². The molecular weight excluding hydrogens is 136 g/mol. The molecule has 58 valence electrons. The molecule has 2 saturated heterocycles. The van der Waals surface area contributed by atoms with Gasteiger partial charge in [0.2, 0.25) is 0 Å². The molecule has 0 aliphatic carbocycles. The molecule has 2 aliphatic heterocycles. The lowest BCUT2D eigenvalue weighted by Gasteiger charge is -2.22. The van der Waals surface area contributed by atoms with Gasteiger partial charge < -0.3 is 19.7 Å². The van der Waals surface area contributed by atoms with Gasteiger partial charge in [-0.15, -0.1) is 0 Å². The van der Waals surface area contributed by atoms with Crippen LogP contribution in [0.1, 0.15) is 0 Å². The molecule has 4 nitrogen and oxygen atoms in total. The number of aliphatic hydroxyl groups is 2. The summed E-state index contributed by atoms with van der Waals surface area (Å²) in [5.41, 5.74) is 0. The highest BCUT2D eigenvalue weighted by Gasteiger charge is 2.51. The molecule has 0 unspecified atom stereocenters. The molecule has 2 fully saturated rings. The van der Waals surface area contributed by atoms with E-state index in [4.69, 9.17) is 14.6 Å². The van der Waals surface area contributed by atoms with Crippen LogP contribution in [0, 0.1) is 0 Å². The summed E-state index contributed by atoms with van der Waals surface area (Å²) in [6.45, 7) is 0.376. The summed E-state index contributed by atoms with van der Waals surface area (Å²) in [7, 11) is 0. The third kappa shape index (κ3) is 0.845. The summed E-state index contributed by atoms with van der Waals surface area (Å²) >= 11 is 0. The number of fused-ring (bicyclic) bond motifs is 1. The van der Waals surface area contributed by atoms with Gasteiger partial charge in [0.25, 0.3) is 0 Å². The fraction of sp³-hybridized carbons (Fsp3) is 1.00. The second-order valence-electron chi connectivity index (χ2n) is 2.68. The Kier molecular flexibility index (Phi) is 1.42. The molecule has 2 rings (SSSR count). The quantitative estimate of drug-likeness (QED) is 0.442. The molecule has 0 aromatic heterocycles. The Labute approximate surface area is 58.4 Å². The zero-order chi connectivity index (χ0) is 7.14. The smallest absolute Gasteiger partial charge is 0.115 e. The van der Waals surface area contributed by atoms with Gasteiger partial charge in [0.05, 0.1) is 13.2 Å². The van der Waals surface area contributed by atoms with Gasteiger partial charge >= 0.3 is 0 Å². The van der Waals surface area contributed by atoms with Gasteiger partial charge in [-0.3, -0.25) is 0 Å². The van der Waals surface area contributed by atoms with Gasteiger partial charge in [0.15, 0.2) is 0 Å². The van der Waals surface area contributed by atoms with Gasteiger partial charge in [-0.1, -0.05) is 0 Å². The first-order valence-electron chi connectivity index (χ1n) is 3.39. The van der Waals surface area contributed by atoms with Crippen LogP contribution in [-0.2, 0) is 9.47 Å². The van der Waals surface area contributed by atoms with Crippen molar-refractivity contribution in [3.63, 3.8) is 0 Å². The molecule has 0 saturated carbocycles. The minimum atomic E-state index is -0.635. The number of aliphatic hydroxyl groups excluding tert-OH is 2. The third-order valence-electron chi connectivity index (χ3n) is 1.99. The second-order valence-corrected chi connectivity index (χ2v) is 2.68. The predicted molar refractivity (Wildman–Crippen MR) is 31.5 cm³/mol. The van der Waals surface area contributed by atoms with E-state index in [-0.39, 0.29) is 18.8 Å². The van der Waals surface area contributed by atoms with E-state index < -0.39 is 12.2 Å². The maximum Gasteiger partial charge on any atom is 0.115 e. The fourth-order valence-corrected chi connectivity index (χ4v) is 1.28. The van der Waals surface area contributed by atoms with Crippen molar-refractivity contribution in [3.8, 4) is 0 Å². The SMILES string of the molecule is OC[C@@H]1OC[C@@H]2O[C@@H]2[C@@H]1O. The molecule has 10 heavy (non-hydrogen) atoms. The first-order chi connectivity index (χ1) is 4.83. The van der Waals surface area contributed by atoms with E-state index in [1.165, 1.54) is 0 Å². The van der Waals surface area contributed by atoms with Crippen LogP contribution in [0.4, 0.5) is 0 Å². The molecule has 2 aliphatic rings. The number of rotatable bonds is 1. The first-order valence-corrected chi connectivity index (χ1v) is 3.39. The maximum atomic E-state index is 9.27. The minimum absolute atomic E-state index is 0.0779. The van der Waals surface area contributed by atoms with Crippen LogP contribution in [0.5, 0.6) is 0 Å². The van der Waals surface area contributed by atoms with E-state index in [1.54, 1.807) is 0 Å². The van der Waals surface area contributed by atoms with Crippen LogP contribution in [0.25, 0.3) is 0 Å². The number of hydrogen-bond donors (Lipinski definition) is 2. The maximum absolute atomic E-state index is 9.27. The van der Waals surface area contributed by atoms with E-state index >= 15 is 0 Å². The predicted octanol–water partition coefficient (Wildman–Crippen LogP) is -1.49. The van der Waals surface area contributed by atoms with Gasteiger partial charge in [-0.05, 0) is 0 Å². The van der Waals surface area contributed by atoms with Crippen molar-refractivity contribution in [3.05, 3.63) is 0 Å². The summed E-state index contributed by atoms with van der Waals surface area (Å²) in [5.74, 6) is 0. The van der Waals surface area contributed by atoms with E-state index in [1.807, 2.05) is 0 Å². The Morgan fingerprint density at radius 2 is 2.30 bits per heavy atom. The lowest BCUT2D eigenvalue weighted by Crippen LogP contribution is -2.42. The Hall–Kier alpha value is -0.160. The van der Waals surface area contributed by atoms with Gasteiger partial charge in [-0.25, -0.2) is 0 Å². The Balaban J connectivity index is 1.97. The topological polar surface area (TPSA) is 62.2 Å². The molecule has 4 heteroatoms. The van der Waals surface area contributed by atoms with Crippen LogP contribution in [0.15, 0.2) is 0 Å². The van der Waals surface area contributed by atoms with E-state index in [2.05, 4.69) is 0 Å². The Morgan fingerprint density at radius 3 is 3.00 bits per heavy atom. The molecule has 0 bridgehead atoms. The largest absolute Gasteiger partial charge is 0.394 e. The molecule has 0 amide bonds. The molecule has 0 aromatic carbocycles. The van der Waals surface area contributed by atoms with Crippen LogP contribution in [-0.4, -0.2) is 47.8 Å². The lowest BCUT2D eigenvalue weighted by atomic mass is 10.1. The normalized spacial score (nSPS) is 52.2. The number of hydrogen-bond acceptors (Lipinski definition) is 4. The molecular formula is C6H10O4. The Bertz CT molecular complexity index is 138. The van der Waals surface area contributed by atoms with Crippen molar-refractivity contribution in [1.29, 1.82) is 0 Å². The highest BCUT2D eigenvalue weighted by atomic mass is 16.6. The van der Waals surface area contributed by atoms with Gasteiger partial charge in [-0.2, -0.15) is 0 Å². The third-order valence-corrected chi connectivity index (χ3v) is 1.99. The second kappa shape index (κ2) is 2.17. The Morgan fingerprint density at radius 1 is 1.50 bits per heavy atom. The number of ether oxygens (including phenoxy) is 2. The average Bonchev–Trinajstić information content (AvgIpc) is 2.68. The van der Waals surface area contributed by atoms with Crippen LogP contribution in [0.3, 0.4) is 0 Å². The van der Waals surface area contributed by atoms with Gasteiger partial charge in [0, 0.05) is 0 Å².